The van der Waals surface area contributed by atoms with Gasteiger partial charge in [0, 0.05) is 24.9 Å². The van der Waals surface area contributed by atoms with Crippen LogP contribution in [0.1, 0.15) is 49.7 Å². The molecule has 6 heteroatoms. The number of carbonyl (C=O) groups is 3. The van der Waals surface area contributed by atoms with Crippen molar-refractivity contribution >= 4 is 17.8 Å². The van der Waals surface area contributed by atoms with Crippen molar-refractivity contribution in [2.75, 3.05) is 26.8 Å². The van der Waals surface area contributed by atoms with Gasteiger partial charge in [-0.05, 0) is 43.7 Å². The topological polar surface area (TPSA) is 72.9 Å². The zero-order valence-corrected chi connectivity index (χ0v) is 19.4. The Morgan fingerprint density at radius 1 is 0.909 bits per heavy atom. The molecule has 176 valence electrons. The molecule has 1 atom stereocenters. The molecule has 1 aliphatic rings. The average Bonchev–Trinajstić information content (AvgIpc) is 2.87. The molecule has 1 heterocycles. The van der Waals surface area contributed by atoms with Crippen LogP contribution in [0, 0.1) is 11.8 Å². The summed E-state index contributed by atoms with van der Waals surface area (Å²) in [6.07, 6.45) is 1.76. The summed E-state index contributed by atoms with van der Waals surface area (Å²) in [7, 11) is 1.35. The van der Waals surface area contributed by atoms with Gasteiger partial charge in [-0.3, -0.25) is 9.59 Å². The molecule has 0 bridgehead atoms. The number of carbonyl (C=O) groups excluding carboxylic acids is 3. The van der Waals surface area contributed by atoms with Crippen molar-refractivity contribution in [3.63, 3.8) is 0 Å². The van der Waals surface area contributed by atoms with E-state index in [-0.39, 0.29) is 30.3 Å². The first-order valence-corrected chi connectivity index (χ1v) is 11.7. The molecule has 33 heavy (non-hydrogen) atoms. The molecular weight excluding hydrogens is 418 g/mol. The molecule has 1 saturated heterocycles. The van der Waals surface area contributed by atoms with E-state index in [0.717, 1.165) is 11.1 Å². The van der Waals surface area contributed by atoms with Gasteiger partial charge < -0.3 is 14.4 Å². The summed E-state index contributed by atoms with van der Waals surface area (Å²) in [5.41, 5.74) is 2.32. The molecule has 0 aromatic heterocycles. The zero-order valence-electron chi connectivity index (χ0n) is 19.4. The highest BCUT2D eigenvalue weighted by Gasteiger charge is 2.36. The van der Waals surface area contributed by atoms with E-state index in [1.165, 1.54) is 7.11 Å². The fraction of sp³-hybridized carbons (Fsp3) is 0.444. The van der Waals surface area contributed by atoms with Crippen LogP contribution in [0.3, 0.4) is 0 Å². The summed E-state index contributed by atoms with van der Waals surface area (Å²) in [5, 5.41) is 0. The van der Waals surface area contributed by atoms with E-state index in [0.29, 0.717) is 38.8 Å². The minimum absolute atomic E-state index is 0.0714. The number of hydrogen-bond donors (Lipinski definition) is 0. The van der Waals surface area contributed by atoms with Crippen molar-refractivity contribution in [2.45, 2.75) is 38.5 Å². The molecular formula is C27H33NO5. The zero-order chi connectivity index (χ0) is 23.6. The lowest BCUT2D eigenvalue weighted by Crippen LogP contribution is -2.42. The number of ether oxygens (including phenoxy) is 2. The normalized spacial score (nSPS) is 15.2. The number of ketones is 1. The molecule has 0 saturated carbocycles. The van der Waals surface area contributed by atoms with Gasteiger partial charge in [0.15, 0.2) is 0 Å². The summed E-state index contributed by atoms with van der Waals surface area (Å²) < 4.78 is 10.1. The number of Topliss-reactive ketones (excluding diaryl/α,β-unsaturated/α-hetero) is 1. The molecule has 1 fully saturated rings. The monoisotopic (exact) mass is 451 g/mol. The molecule has 0 radical (unpaired) electrons. The molecule has 0 spiro atoms. The van der Waals surface area contributed by atoms with Gasteiger partial charge in [-0.25, -0.2) is 4.79 Å². The van der Waals surface area contributed by atoms with Crippen LogP contribution >= 0.6 is 0 Å². The van der Waals surface area contributed by atoms with Gasteiger partial charge in [-0.15, -0.1) is 0 Å². The highest BCUT2D eigenvalue weighted by Crippen LogP contribution is 2.32. The Hall–Kier alpha value is -3.15. The van der Waals surface area contributed by atoms with Crippen LogP contribution in [0.15, 0.2) is 60.7 Å². The number of amides is 1. The maximum Gasteiger partial charge on any atom is 0.409 e. The Kier molecular flexibility index (Phi) is 9.04. The van der Waals surface area contributed by atoms with Gasteiger partial charge in [-0.1, -0.05) is 60.7 Å². The third kappa shape index (κ3) is 6.44. The second-order valence-corrected chi connectivity index (χ2v) is 8.39. The van der Waals surface area contributed by atoms with Crippen LogP contribution in [0.25, 0.3) is 0 Å². The molecule has 0 N–H and O–H groups in total. The van der Waals surface area contributed by atoms with Crippen LogP contribution in [-0.2, 0) is 19.1 Å². The average molecular weight is 452 g/mol. The van der Waals surface area contributed by atoms with Crippen molar-refractivity contribution in [1.82, 2.24) is 4.90 Å². The Labute approximate surface area is 195 Å². The first kappa shape index (κ1) is 24.5. The lowest BCUT2D eigenvalue weighted by Gasteiger charge is -2.31. The van der Waals surface area contributed by atoms with Gasteiger partial charge in [0.05, 0.1) is 13.7 Å². The standard InChI is InChI=1S/C27H33NO5/c1-3-33-26(30)24(25(29)22-16-18-28(19-17-22)27(31)32-2)15-14-23(20-10-6-4-7-11-20)21-12-8-5-9-13-21/h4-13,22-24H,3,14-19H2,1-2H3. The van der Waals surface area contributed by atoms with E-state index in [1.54, 1.807) is 11.8 Å². The van der Waals surface area contributed by atoms with Gasteiger partial charge >= 0.3 is 12.1 Å². The minimum atomic E-state index is -0.797. The van der Waals surface area contributed by atoms with Crippen LogP contribution in [0.2, 0.25) is 0 Å². The Morgan fingerprint density at radius 2 is 1.45 bits per heavy atom. The number of esters is 1. The highest BCUT2D eigenvalue weighted by atomic mass is 16.5. The van der Waals surface area contributed by atoms with Crippen molar-refractivity contribution in [1.29, 1.82) is 0 Å². The Bertz CT molecular complexity index is 867. The molecule has 2 aromatic carbocycles. The summed E-state index contributed by atoms with van der Waals surface area (Å²) in [6.45, 7) is 2.90. The van der Waals surface area contributed by atoms with E-state index < -0.39 is 11.9 Å². The molecule has 1 aliphatic heterocycles. The van der Waals surface area contributed by atoms with E-state index in [1.807, 2.05) is 36.4 Å². The third-order valence-electron chi connectivity index (χ3n) is 6.39. The number of hydrogen-bond acceptors (Lipinski definition) is 5. The van der Waals surface area contributed by atoms with Gasteiger partial charge in [0.2, 0.25) is 0 Å². The maximum absolute atomic E-state index is 13.4. The molecule has 0 aliphatic carbocycles. The number of benzene rings is 2. The fourth-order valence-electron chi connectivity index (χ4n) is 4.61. The second-order valence-electron chi connectivity index (χ2n) is 8.39. The fourth-order valence-corrected chi connectivity index (χ4v) is 4.61. The number of likely N-dealkylation sites (tertiary alicyclic amines) is 1. The number of piperidine rings is 1. The van der Waals surface area contributed by atoms with Crippen molar-refractivity contribution in [3.05, 3.63) is 71.8 Å². The Balaban J connectivity index is 1.74. The molecule has 1 unspecified atom stereocenters. The smallest absolute Gasteiger partial charge is 0.409 e. The van der Waals surface area contributed by atoms with Crippen molar-refractivity contribution < 1.29 is 23.9 Å². The van der Waals surface area contributed by atoms with E-state index in [2.05, 4.69) is 24.3 Å². The lowest BCUT2D eigenvalue weighted by molar-refractivity contribution is -0.153. The van der Waals surface area contributed by atoms with Gasteiger partial charge in [-0.2, -0.15) is 0 Å². The molecule has 6 nitrogen and oxygen atoms in total. The summed E-state index contributed by atoms with van der Waals surface area (Å²) >= 11 is 0. The molecule has 2 aromatic rings. The molecule has 1 amide bonds. The number of rotatable bonds is 9. The minimum Gasteiger partial charge on any atom is -0.465 e. The first-order valence-electron chi connectivity index (χ1n) is 11.7. The number of nitrogens with zero attached hydrogens (tertiary/aromatic N) is 1. The first-order chi connectivity index (χ1) is 16.0. The Morgan fingerprint density at radius 3 is 1.94 bits per heavy atom. The van der Waals surface area contributed by atoms with E-state index >= 15 is 0 Å². The van der Waals surface area contributed by atoms with Crippen molar-refractivity contribution in [3.8, 4) is 0 Å². The summed E-state index contributed by atoms with van der Waals surface area (Å²) in [5.74, 6) is -1.49. The predicted octanol–water partition coefficient (Wildman–Crippen LogP) is 4.83. The molecule has 3 rings (SSSR count). The number of methoxy groups -OCH3 is 1. The van der Waals surface area contributed by atoms with Crippen LogP contribution < -0.4 is 0 Å². The summed E-state index contributed by atoms with van der Waals surface area (Å²) in [6, 6.07) is 20.3. The van der Waals surface area contributed by atoms with E-state index in [4.69, 9.17) is 9.47 Å². The third-order valence-corrected chi connectivity index (χ3v) is 6.39. The second kappa shape index (κ2) is 12.2. The van der Waals surface area contributed by atoms with Crippen LogP contribution in [0.5, 0.6) is 0 Å². The largest absolute Gasteiger partial charge is 0.465 e. The van der Waals surface area contributed by atoms with Gasteiger partial charge in [0.25, 0.3) is 0 Å². The quantitative estimate of drug-likeness (QED) is 0.403. The highest BCUT2D eigenvalue weighted by molar-refractivity contribution is 6.00. The SMILES string of the molecule is CCOC(=O)C(CCC(c1ccccc1)c1ccccc1)C(=O)C1CCN(C(=O)OC)CC1. The maximum atomic E-state index is 13.4. The lowest BCUT2D eigenvalue weighted by atomic mass is 9.80. The summed E-state index contributed by atoms with van der Waals surface area (Å²) in [4.78, 5) is 39.6. The van der Waals surface area contributed by atoms with Crippen molar-refractivity contribution in [2.24, 2.45) is 11.8 Å². The van der Waals surface area contributed by atoms with Gasteiger partial charge in [0.1, 0.15) is 11.7 Å². The van der Waals surface area contributed by atoms with Crippen LogP contribution in [-0.4, -0.2) is 49.6 Å². The predicted molar refractivity (Wildman–Crippen MR) is 126 cm³/mol. The van der Waals surface area contributed by atoms with Crippen LogP contribution in [0.4, 0.5) is 4.79 Å². The van der Waals surface area contributed by atoms with E-state index in [9.17, 15) is 14.4 Å².